The summed E-state index contributed by atoms with van der Waals surface area (Å²) in [5.74, 6) is -0.239. The third kappa shape index (κ3) is 5.14. The van der Waals surface area contributed by atoms with E-state index in [1.54, 1.807) is 0 Å². The zero-order chi connectivity index (χ0) is 16.8. The molecular weight excluding hydrogens is 464 g/mol. The minimum absolute atomic E-state index is 0.0933. The molecule has 0 aliphatic carbocycles. The summed E-state index contributed by atoms with van der Waals surface area (Å²) in [7, 11) is 0. The quantitative estimate of drug-likeness (QED) is 0.606. The molecule has 2 amide bonds. The Morgan fingerprint density at radius 1 is 1.09 bits per heavy atom. The van der Waals surface area contributed by atoms with E-state index in [0.717, 1.165) is 21.8 Å². The molecule has 8 heteroatoms. The van der Waals surface area contributed by atoms with Crippen molar-refractivity contribution in [2.75, 3.05) is 6.54 Å². The van der Waals surface area contributed by atoms with Gasteiger partial charge in [-0.3, -0.25) is 9.59 Å². The van der Waals surface area contributed by atoms with Crippen molar-refractivity contribution in [3.8, 4) is 0 Å². The Morgan fingerprint density at radius 2 is 1.65 bits per heavy atom. The van der Waals surface area contributed by atoms with Crippen molar-refractivity contribution < 1.29 is 9.59 Å². The normalized spacial score (nSPS) is 12.0. The zero-order valence-corrected chi connectivity index (χ0v) is 17.2. The van der Waals surface area contributed by atoms with Gasteiger partial charge in [0.05, 0.1) is 0 Å². The number of carbonyl (C=O) groups excluding carboxylic acids is 2. The van der Waals surface area contributed by atoms with E-state index in [0.29, 0.717) is 16.3 Å². The molecule has 2 heterocycles. The smallest absolute Gasteiger partial charge is 0.262 e. The predicted molar refractivity (Wildman–Crippen MR) is 103 cm³/mol. The van der Waals surface area contributed by atoms with Crippen LogP contribution in [0.4, 0.5) is 0 Å². The van der Waals surface area contributed by atoms with Gasteiger partial charge in [-0.05, 0) is 61.2 Å². The van der Waals surface area contributed by atoms with Crippen LogP contribution in [0.15, 0.2) is 31.8 Å². The number of amides is 2. The van der Waals surface area contributed by atoms with Crippen molar-refractivity contribution in [2.24, 2.45) is 0 Å². The van der Waals surface area contributed by atoms with Gasteiger partial charge in [0.25, 0.3) is 11.8 Å². The summed E-state index contributed by atoms with van der Waals surface area (Å²) in [5.41, 5.74) is 0. The Labute approximate surface area is 159 Å². The maximum absolute atomic E-state index is 12.3. The van der Waals surface area contributed by atoms with Gasteiger partial charge in [-0.15, -0.1) is 22.7 Å². The molecule has 124 valence electrons. The standard InChI is InChI=1S/C15H16Br2N2O2S2/c1-2-3-9(19-15(21)13-11(17)5-7-23-13)8-18-14(20)12-10(16)4-6-22-12/h4-7,9H,2-3,8H2,1H3,(H,18,20)(H,19,21). The summed E-state index contributed by atoms with van der Waals surface area (Å²) in [6.45, 7) is 2.46. The molecule has 0 aliphatic rings. The Balaban J connectivity index is 1.94. The van der Waals surface area contributed by atoms with E-state index in [4.69, 9.17) is 0 Å². The highest BCUT2D eigenvalue weighted by atomic mass is 79.9. The van der Waals surface area contributed by atoms with Crippen LogP contribution in [-0.2, 0) is 0 Å². The van der Waals surface area contributed by atoms with Gasteiger partial charge in [0, 0.05) is 21.5 Å². The van der Waals surface area contributed by atoms with E-state index >= 15 is 0 Å². The van der Waals surface area contributed by atoms with Crippen LogP contribution in [0.2, 0.25) is 0 Å². The largest absolute Gasteiger partial charge is 0.349 e. The number of hydrogen-bond donors (Lipinski definition) is 2. The molecule has 0 radical (unpaired) electrons. The Morgan fingerprint density at radius 3 is 2.13 bits per heavy atom. The molecule has 23 heavy (non-hydrogen) atoms. The first-order chi connectivity index (χ1) is 11.0. The van der Waals surface area contributed by atoms with E-state index < -0.39 is 0 Å². The second kappa shape index (κ2) is 8.96. The second-order valence-electron chi connectivity index (χ2n) is 4.86. The molecule has 0 spiro atoms. The van der Waals surface area contributed by atoms with Gasteiger partial charge in [-0.2, -0.15) is 0 Å². The summed E-state index contributed by atoms with van der Waals surface area (Å²) < 4.78 is 1.58. The van der Waals surface area contributed by atoms with Crippen LogP contribution >= 0.6 is 54.5 Å². The van der Waals surface area contributed by atoms with Gasteiger partial charge in [0.15, 0.2) is 0 Å². The number of thiophene rings is 2. The highest BCUT2D eigenvalue weighted by Gasteiger charge is 2.18. The highest BCUT2D eigenvalue weighted by molar-refractivity contribution is 9.11. The van der Waals surface area contributed by atoms with E-state index in [9.17, 15) is 9.59 Å². The van der Waals surface area contributed by atoms with Crippen molar-refractivity contribution in [3.05, 3.63) is 41.6 Å². The van der Waals surface area contributed by atoms with Gasteiger partial charge in [0.2, 0.25) is 0 Å². The van der Waals surface area contributed by atoms with Gasteiger partial charge in [0.1, 0.15) is 9.75 Å². The molecule has 0 aliphatic heterocycles. The Kier molecular flexibility index (Phi) is 7.26. The Hall–Kier alpha value is -0.700. The Bertz CT molecular complexity index is 685. The topological polar surface area (TPSA) is 58.2 Å². The molecule has 0 bridgehead atoms. The van der Waals surface area contributed by atoms with Crippen LogP contribution in [0, 0.1) is 0 Å². The zero-order valence-electron chi connectivity index (χ0n) is 12.4. The lowest BCUT2D eigenvalue weighted by atomic mass is 10.1. The van der Waals surface area contributed by atoms with Crippen molar-refractivity contribution in [1.82, 2.24) is 10.6 Å². The molecule has 1 atom stereocenters. The van der Waals surface area contributed by atoms with Crippen molar-refractivity contribution in [3.63, 3.8) is 0 Å². The molecular formula is C15H16Br2N2O2S2. The summed E-state index contributed by atoms with van der Waals surface area (Å²) in [5, 5.41) is 9.61. The highest BCUT2D eigenvalue weighted by Crippen LogP contribution is 2.23. The summed E-state index contributed by atoms with van der Waals surface area (Å²) >= 11 is 9.50. The number of carbonyl (C=O) groups is 2. The molecule has 4 nitrogen and oxygen atoms in total. The molecule has 2 aromatic rings. The fraction of sp³-hybridized carbons (Fsp3) is 0.333. The first kappa shape index (κ1) is 18.6. The van der Waals surface area contributed by atoms with Crippen LogP contribution in [0.25, 0.3) is 0 Å². The van der Waals surface area contributed by atoms with E-state index in [2.05, 4.69) is 49.4 Å². The molecule has 0 saturated carbocycles. The van der Waals surface area contributed by atoms with Crippen LogP contribution in [0.5, 0.6) is 0 Å². The van der Waals surface area contributed by atoms with Crippen molar-refractivity contribution in [2.45, 2.75) is 25.8 Å². The minimum atomic E-state index is -0.125. The van der Waals surface area contributed by atoms with Crippen LogP contribution in [-0.4, -0.2) is 24.4 Å². The fourth-order valence-corrected chi connectivity index (χ4v) is 4.95. The third-order valence-corrected chi connectivity index (χ3v) is 6.80. The summed E-state index contributed by atoms with van der Waals surface area (Å²) in [6.07, 6.45) is 1.73. The first-order valence-corrected chi connectivity index (χ1v) is 10.4. The lowest BCUT2D eigenvalue weighted by Gasteiger charge is -2.18. The van der Waals surface area contributed by atoms with Gasteiger partial charge in [-0.25, -0.2) is 0 Å². The average molecular weight is 480 g/mol. The SMILES string of the molecule is CCCC(CNC(=O)c1sccc1Br)NC(=O)c1sccc1Br. The summed E-state index contributed by atoms with van der Waals surface area (Å²) in [4.78, 5) is 25.7. The van der Waals surface area contributed by atoms with E-state index in [-0.39, 0.29) is 17.9 Å². The van der Waals surface area contributed by atoms with Crippen molar-refractivity contribution >= 4 is 66.3 Å². The molecule has 2 N–H and O–H groups in total. The van der Waals surface area contributed by atoms with Crippen LogP contribution < -0.4 is 10.6 Å². The molecule has 0 fully saturated rings. The van der Waals surface area contributed by atoms with Gasteiger partial charge >= 0.3 is 0 Å². The van der Waals surface area contributed by atoms with Gasteiger partial charge in [-0.1, -0.05) is 13.3 Å². The monoisotopic (exact) mass is 478 g/mol. The number of nitrogens with one attached hydrogen (secondary N) is 2. The first-order valence-electron chi connectivity index (χ1n) is 7.08. The maximum Gasteiger partial charge on any atom is 0.262 e. The average Bonchev–Trinajstić information content (AvgIpc) is 3.13. The number of halogens is 2. The molecule has 1 unspecified atom stereocenters. The van der Waals surface area contributed by atoms with E-state index in [1.807, 2.05) is 22.9 Å². The van der Waals surface area contributed by atoms with E-state index in [1.165, 1.54) is 22.7 Å². The lowest BCUT2D eigenvalue weighted by Crippen LogP contribution is -2.43. The van der Waals surface area contributed by atoms with Crippen LogP contribution in [0.1, 0.15) is 39.1 Å². The molecule has 0 aromatic carbocycles. The van der Waals surface area contributed by atoms with Crippen molar-refractivity contribution in [1.29, 1.82) is 0 Å². The minimum Gasteiger partial charge on any atom is -0.349 e. The molecule has 2 rings (SSSR count). The number of hydrogen-bond acceptors (Lipinski definition) is 4. The molecule has 0 saturated heterocycles. The maximum atomic E-state index is 12.3. The predicted octanol–water partition coefficient (Wildman–Crippen LogP) is 4.66. The van der Waals surface area contributed by atoms with Crippen LogP contribution in [0.3, 0.4) is 0 Å². The second-order valence-corrected chi connectivity index (χ2v) is 8.41. The summed E-state index contributed by atoms with van der Waals surface area (Å²) in [6, 6.07) is 3.60. The fourth-order valence-electron chi connectivity index (χ4n) is 2.03. The lowest BCUT2D eigenvalue weighted by molar-refractivity contribution is 0.0910. The third-order valence-electron chi connectivity index (χ3n) is 3.13. The molecule has 2 aromatic heterocycles. The van der Waals surface area contributed by atoms with Gasteiger partial charge < -0.3 is 10.6 Å². The number of rotatable bonds is 7.